The van der Waals surface area contributed by atoms with E-state index in [2.05, 4.69) is 4.72 Å². The Morgan fingerprint density at radius 3 is 2.45 bits per heavy atom. The zero-order valence-electron chi connectivity index (χ0n) is 17.5. The maximum absolute atomic E-state index is 14.4. The summed E-state index contributed by atoms with van der Waals surface area (Å²) in [5.74, 6) is -1.65. The fraction of sp³-hybridized carbons (Fsp3) is 0.435. The van der Waals surface area contributed by atoms with Crippen LogP contribution in [-0.2, 0) is 14.8 Å². The van der Waals surface area contributed by atoms with E-state index in [0.29, 0.717) is 18.5 Å². The van der Waals surface area contributed by atoms with Gasteiger partial charge in [-0.1, -0.05) is 30.3 Å². The maximum atomic E-state index is 14.4. The van der Waals surface area contributed by atoms with Crippen molar-refractivity contribution in [3.8, 4) is 11.1 Å². The van der Waals surface area contributed by atoms with E-state index in [4.69, 9.17) is 0 Å². The molecule has 1 aliphatic carbocycles. The lowest BCUT2D eigenvalue weighted by Gasteiger charge is -2.44. The van der Waals surface area contributed by atoms with Crippen LogP contribution >= 0.6 is 0 Å². The highest BCUT2D eigenvalue weighted by atomic mass is 32.2. The van der Waals surface area contributed by atoms with Gasteiger partial charge in [0.15, 0.2) is 0 Å². The number of hydrogen-bond donors (Lipinski definition) is 1. The lowest BCUT2D eigenvalue weighted by Crippen LogP contribution is -2.60. The first kappa shape index (κ1) is 21.9. The smallest absolute Gasteiger partial charge is 0.226 e. The highest BCUT2D eigenvalue weighted by Crippen LogP contribution is 2.52. The number of likely N-dealkylation sites (tertiary alicyclic amines) is 1. The van der Waals surface area contributed by atoms with Crippen molar-refractivity contribution in [1.82, 2.24) is 9.62 Å². The molecule has 1 saturated carbocycles. The van der Waals surface area contributed by atoms with Crippen LogP contribution in [0.1, 0.15) is 38.2 Å². The molecule has 2 aromatic carbocycles. The summed E-state index contributed by atoms with van der Waals surface area (Å²) in [7, 11) is -3.35. The predicted molar refractivity (Wildman–Crippen MR) is 115 cm³/mol. The van der Waals surface area contributed by atoms with Gasteiger partial charge in [-0.05, 0) is 55.9 Å². The van der Waals surface area contributed by atoms with Crippen LogP contribution in [0.3, 0.4) is 0 Å². The second-order valence-electron chi connectivity index (χ2n) is 8.33. The molecule has 166 valence electrons. The third-order valence-corrected chi connectivity index (χ3v) is 7.86. The summed E-state index contributed by atoms with van der Waals surface area (Å²) in [5.41, 5.74) is 1.17. The summed E-state index contributed by atoms with van der Waals surface area (Å²) in [6.45, 7) is 3.94. The molecule has 1 heterocycles. The first-order valence-corrected chi connectivity index (χ1v) is 12.2. The number of nitrogens with zero attached hydrogens (tertiary/aromatic N) is 1. The Morgan fingerprint density at radius 2 is 1.84 bits per heavy atom. The average molecular weight is 449 g/mol. The van der Waals surface area contributed by atoms with E-state index < -0.39 is 21.7 Å². The standard InChI is InChI=1S/C23H26F2N2O3S/c1-3-31(29,30)26-14(2)21-11-12-27(21)23(28)18-13-17(18)15-7-4-5-8-16(15)22-19(24)9-6-10-20(22)25/h4-10,14,17-18,21,26H,3,11-13H2,1-2H3/t14-,17-,18+,21+/m0/s1. The van der Waals surface area contributed by atoms with Gasteiger partial charge >= 0.3 is 0 Å². The molecule has 0 unspecified atom stereocenters. The van der Waals surface area contributed by atoms with Crippen LogP contribution in [0, 0.1) is 17.6 Å². The second-order valence-corrected chi connectivity index (χ2v) is 10.4. The van der Waals surface area contributed by atoms with Crippen LogP contribution in [0.15, 0.2) is 42.5 Å². The van der Waals surface area contributed by atoms with Gasteiger partial charge in [-0.2, -0.15) is 0 Å². The van der Waals surface area contributed by atoms with E-state index in [1.165, 1.54) is 18.2 Å². The largest absolute Gasteiger partial charge is 0.338 e. The molecule has 1 N–H and O–H groups in total. The number of benzene rings is 2. The Hall–Kier alpha value is -2.32. The minimum atomic E-state index is -3.35. The molecule has 0 spiro atoms. The van der Waals surface area contributed by atoms with Gasteiger partial charge in [-0.25, -0.2) is 21.9 Å². The average Bonchev–Trinajstić information content (AvgIpc) is 3.47. The summed E-state index contributed by atoms with van der Waals surface area (Å²) in [6, 6.07) is 10.3. The zero-order chi connectivity index (χ0) is 22.3. The molecule has 31 heavy (non-hydrogen) atoms. The molecule has 5 nitrogen and oxygen atoms in total. The van der Waals surface area contributed by atoms with E-state index >= 15 is 0 Å². The number of halogens is 2. The Kier molecular flexibility index (Phi) is 5.87. The highest BCUT2D eigenvalue weighted by Gasteiger charge is 2.50. The normalized spacial score (nSPS) is 23.9. The molecule has 2 fully saturated rings. The molecular weight excluding hydrogens is 422 g/mol. The minimum Gasteiger partial charge on any atom is -0.338 e. The van der Waals surface area contributed by atoms with E-state index in [9.17, 15) is 22.0 Å². The van der Waals surface area contributed by atoms with Crippen molar-refractivity contribution >= 4 is 15.9 Å². The molecule has 1 amide bonds. The molecule has 8 heteroatoms. The van der Waals surface area contributed by atoms with E-state index in [0.717, 1.165) is 12.0 Å². The highest BCUT2D eigenvalue weighted by molar-refractivity contribution is 7.89. The van der Waals surface area contributed by atoms with Crippen LogP contribution in [0.25, 0.3) is 11.1 Å². The van der Waals surface area contributed by atoms with E-state index in [1.54, 1.807) is 30.9 Å². The molecule has 4 atom stereocenters. The van der Waals surface area contributed by atoms with Crippen LogP contribution in [0.4, 0.5) is 8.78 Å². The number of sulfonamides is 1. The van der Waals surface area contributed by atoms with Crippen molar-refractivity contribution in [3.05, 3.63) is 59.7 Å². The summed E-state index contributed by atoms with van der Waals surface area (Å²) in [5, 5.41) is 0. The minimum absolute atomic E-state index is 0.00784. The van der Waals surface area contributed by atoms with Crippen molar-refractivity contribution < 1.29 is 22.0 Å². The molecule has 1 saturated heterocycles. The van der Waals surface area contributed by atoms with Gasteiger partial charge in [-0.15, -0.1) is 0 Å². The van der Waals surface area contributed by atoms with Gasteiger partial charge in [0.05, 0.1) is 11.3 Å². The Labute approximate surface area is 181 Å². The van der Waals surface area contributed by atoms with Gasteiger partial charge in [-0.3, -0.25) is 4.79 Å². The molecule has 0 radical (unpaired) electrons. The van der Waals surface area contributed by atoms with Crippen molar-refractivity contribution in [2.75, 3.05) is 12.3 Å². The molecule has 2 aromatic rings. The molecule has 4 rings (SSSR count). The second kappa shape index (κ2) is 8.31. The first-order valence-electron chi connectivity index (χ1n) is 10.6. The topological polar surface area (TPSA) is 66.5 Å². The fourth-order valence-electron chi connectivity index (χ4n) is 4.47. The predicted octanol–water partition coefficient (Wildman–Crippen LogP) is 3.66. The summed E-state index contributed by atoms with van der Waals surface area (Å²) in [4.78, 5) is 14.8. The van der Waals surface area contributed by atoms with Crippen LogP contribution in [-0.4, -0.2) is 43.6 Å². The Balaban J connectivity index is 1.51. The van der Waals surface area contributed by atoms with Gasteiger partial charge in [0, 0.05) is 24.5 Å². The number of carbonyl (C=O) groups excluding carboxylic acids is 1. The number of carbonyl (C=O) groups is 1. The first-order chi connectivity index (χ1) is 14.7. The molecule has 1 aliphatic heterocycles. The van der Waals surface area contributed by atoms with Gasteiger partial charge in [0.1, 0.15) is 11.6 Å². The van der Waals surface area contributed by atoms with Crippen molar-refractivity contribution in [1.29, 1.82) is 0 Å². The van der Waals surface area contributed by atoms with E-state index in [1.807, 2.05) is 12.1 Å². The number of amides is 1. The maximum Gasteiger partial charge on any atom is 0.226 e. The molecule has 2 aliphatic rings. The number of rotatable bonds is 7. The summed E-state index contributed by atoms with van der Waals surface area (Å²) >= 11 is 0. The third-order valence-electron chi connectivity index (χ3n) is 6.37. The SMILES string of the molecule is CCS(=O)(=O)N[C@@H](C)[C@H]1CCN1C(=O)[C@@H]1C[C@H]1c1ccccc1-c1c(F)cccc1F. The zero-order valence-corrected chi connectivity index (χ0v) is 18.3. The monoisotopic (exact) mass is 448 g/mol. The quantitative estimate of drug-likeness (QED) is 0.703. The Morgan fingerprint density at radius 1 is 1.16 bits per heavy atom. The molecule has 0 bridgehead atoms. The van der Waals surface area contributed by atoms with Gasteiger partial charge in [0.25, 0.3) is 0 Å². The number of hydrogen-bond acceptors (Lipinski definition) is 3. The fourth-order valence-corrected chi connectivity index (χ4v) is 5.36. The van der Waals surface area contributed by atoms with Crippen molar-refractivity contribution in [3.63, 3.8) is 0 Å². The van der Waals surface area contributed by atoms with Gasteiger partial charge < -0.3 is 4.90 Å². The van der Waals surface area contributed by atoms with Crippen LogP contribution < -0.4 is 4.72 Å². The lowest BCUT2D eigenvalue weighted by atomic mass is 9.93. The third kappa shape index (κ3) is 4.23. The summed E-state index contributed by atoms with van der Waals surface area (Å²) < 4.78 is 55.1. The van der Waals surface area contributed by atoms with Crippen molar-refractivity contribution in [2.24, 2.45) is 5.92 Å². The van der Waals surface area contributed by atoms with Crippen LogP contribution in [0.5, 0.6) is 0 Å². The molecule has 0 aromatic heterocycles. The van der Waals surface area contributed by atoms with Gasteiger partial charge in [0.2, 0.25) is 15.9 Å². The van der Waals surface area contributed by atoms with Crippen molar-refractivity contribution in [2.45, 2.75) is 44.7 Å². The van der Waals surface area contributed by atoms with Crippen LogP contribution in [0.2, 0.25) is 0 Å². The number of nitrogens with one attached hydrogen (secondary N) is 1. The molecular formula is C23H26F2N2O3S. The summed E-state index contributed by atoms with van der Waals surface area (Å²) in [6.07, 6.45) is 1.36. The van der Waals surface area contributed by atoms with E-state index in [-0.39, 0.29) is 41.1 Å². The lowest BCUT2D eigenvalue weighted by molar-refractivity contribution is -0.141. The Bertz CT molecular complexity index is 1090.